The van der Waals surface area contributed by atoms with Crippen molar-refractivity contribution >= 4 is 25.0 Å². The minimum atomic E-state index is 0.155. The van der Waals surface area contributed by atoms with E-state index < -0.39 is 0 Å². The van der Waals surface area contributed by atoms with Gasteiger partial charge in [-0.2, -0.15) is 5.10 Å². The predicted molar refractivity (Wildman–Crippen MR) is 69.9 cm³/mol. The van der Waals surface area contributed by atoms with Gasteiger partial charge in [0.05, 0.1) is 5.69 Å². The summed E-state index contributed by atoms with van der Waals surface area (Å²) in [5, 5.41) is 7.60. The summed E-state index contributed by atoms with van der Waals surface area (Å²) in [7, 11) is 1.83. The number of anilines is 1. The van der Waals surface area contributed by atoms with E-state index in [1.807, 2.05) is 26.1 Å². The maximum atomic E-state index is 5.51. The molecule has 0 saturated carbocycles. The minimum Gasteiger partial charge on any atom is -0.366 e. The monoisotopic (exact) mass is 212 g/mol. The number of allylic oxidation sites excluding steroid dienone is 6. The van der Waals surface area contributed by atoms with Crippen molar-refractivity contribution in [2.75, 3.05) is 5.73 Å². The summed E-state index contributed by atoms with van der Waals surface area (Å²) in [6.45, 7) is 7.27. The third-order valence-electron chi connectivity index (χ3n) is 1.85. The van der Waals surface area contributed by atoms with Crippen LogP contribution in [0.1, 0.15) is 5.69 Å². The zero-order valence-corrected chi connectivity index (χ0v) is 9.22. The van der Waals surface area contributed by atoms with Crippen LogP contribution in [0.4, 0.5) is 5.95 Å². The van der Waals surface area contributed by atoms with Crippen LogP contribution in [0.25, 0.3) is 5.57 Å². The summed E-state index contributed by atoms with van der Waals surface area (Å²) in [4.78, 5) is 4.15. The van der Waals surface area contributed by atoms with Crippen LogP contribution in [0.3, 0.4) is 0 Å². The average Bonchev–Trinajstić information content (AvgIpc) is 2.28. The fraction of sp³-hybridized carbons (Fsp3) is 0. The molecule has 5 heteroatoms. The normalized spacial score (nSPS) is 11.6. The number of aromatic nitrogens is 3. The lowest BCUT2D eigenvalue weighted by Gasteiger charge is -2.04. The Kier molecular flexibility index (Phi) is 4.21. The van der Waals surface area contributed by atoms with Gasteiger partial charge in [0.2, 0.25) is 5.95 Å². The second kappa shape index (κ2) is 5.65. The van der Waals surface area contributed by atoms with E-state index in [-0.39, 0.29) is 5.95 Å². The molecule has 0 fully saturated rings. The predicted octanol–water partition coefficient (Wildman–Crippen LogP) is 0.0238. The van der Waals surface area contributed by atoms with Crippen LogP contribution >= 0.6 is 0 Å². The quantitative estimate of drug-likeness (QED) is 0.564. The van der Waals surface area contributed by atoms with E-state index >= 15 is 0 Å². The molecule has 0 bridgehead atoms. The van der Waals surface area contributed by atoms with Crippen LogP contribution < -0.4 is 11.3 Å². The lowest BCUT2D eigenvalue weighted by atomic mass is 9.97. The van der Waals surface area contributed by atoms with Gasteiger partial charge in [-0.1, -0.05) is 43.5 Å². The van der Waals surface area contributed by atoms with E-state index in [0.29, 0.717) is 5.69 Å². The van der Waals surface area contributed by atoms with Crippen molar-refractivity contribution in [3.8, 4) is 0 Å². The molecule has 1 aromatic heterocycles. The van der Waals surface area contributed by atoms with Crippen molar-refractivity contribution in [2.45, 2.75) is 0 Å². The standard InChI is InChI=1S/C11H13BN4/c1-3-5-7-8(6-4-2)9-10(12)15-16-11(13)14-9/h3-7H,1-2,12H2,(H2,13,14,16)/b7-5-,8-6+. The summed E-state index contributed by atoms with van der Waals surface area (Å²) in [6, 6.07) is 0. The number of hydrogen-bond donors (Lipinski definition) is 1. The molecule has 0 aromatic carbocycles. The maximum Gasteiger partial charge on any atom is 0.240 e. The first-order chi connectivity index (χ1) is 7.69. The van der Waals surface area contributed by atoms with Crippen molar-refractivity contribution in [3.05, 3.63) is 49.2 Å². The molecule has 1 heterocycles. The molecule has 0 saturated heterocycles. The van der Waals surface area contributed by atoms with Gasteiger partial charge in [-0.05, 0) is 0 Å². The van der Waals surface area contributed by atoms with Crippen LogP contribution in [0.15, 0.2) is 43.5 Å². The molecule has 0 aliphatic rings. The molecule has 4 nitrogen and oxygen atoms in total. The number of nitrogens with two attached hydrogens (primary N) is 1. The molecular formula is C11H13BN4. The average molecular weight is 212 g/mol. The molecule has 16 heavy (non-hydrogen) atoms. The molecule has 0 unspecified atom stereocenters. The number of hydrogen-bond acceptors (Lipinski definition) is 4. The van der Waals surface area contributed by atoms with Gasteiger partial charge in [0.1, 0.15) is 0 Å². The summed E-state index contributed by atoms with van der Waals surface area (Å²) in [5.74, 6) is 0.155. The number of nitrogen functional groups attached to an aromatic ring is 1. The Labute approximate surface area is 95.7 Å². The second-order valence-corrected chi connectivity index (χ2v) is 3.06. The van der Waals surface area contributed by atoms with E-state index in [9.17, 15) is 0 Å². The molecule has 80 valence electrons. The molecule has 0 atom stereocenters. The zero-order chi connectivity index (χ0) is 12.0. The van der Waals surface area contributed by atoms with Crippen molar-refractivity contribution in [2.24, 2.45) is 0 Å². The highest BCUT2D eigenvalue weighted by molar-refractivity contribution is 6.32. The first kappa shape index (κ1) is 11.9. The highest BCUT2D eigenvalue weighted by Gasteiger charge is 2.06. The summed E-state index contributed by atoms with van der Waals surface area (Å²) >= 11 is 0. The van der Waals surface area contributed by atoms with Gasteiger partial charge in [0, 0.05) is 11.2 Å². The molecule has 0 radical (unpaired) electrons. The van der Waals surface area contributed by atoms with Crippen molar-refractivity contribution in [1.82, 2.24) is 15.2 Å². The molecule has 0 amide bonds. The third kappa shape index (κ3) is 2.91. The fourth-order valence-electron chi connectivity index (χ4n) is 1.18. The second-order valence-electron chi connectivity index (χ2n) is 3.06. The van der Waals surface area contributed by atoms with E-state index in [1.54, 1.807) is 12.2 Å². The number of rotatable bonds is 4. The zero-order valence-electron chi connectivity index (χ0n) is 9.22. The van der Waals surface area contributed by atoms with Crippen LogP contribution in [0, 0.1) is 0 Å². The Morgan fingerprint density at radius 2 is 2.00 bits per heavy atom. The van der Waals surface area contributed by atoms with Crippen LogP contribution in [-0.2, 0) is 0 Å². The van der Waals surface area contributed by atoms with E-state index in [2.05, 4.69) is 28.3 Å². The first-order valence-electron chi connectivity index (χ1n) is 4.78. The largest absolute Gasteiger partial charge is 0.366 e. The smallest absolute Gasteiger partial charge is 0.240 e. The van der Waals surface area contributed by atoms with Gasteiger partial charge in [-0.15, -0.1) is 5.10 Å². The van der Waals surface area contributed by atoms with Crippen LogP contribution in [0.2, 0.25) is 0 Å². The summed E-state index contributed by atoms with van der Waals surface area (Å²) < 4.78 is 0. The Morgan fingerprint density at radius 1 is 1.25 bits per heavy atom. The highest BCUT2D eigenvalue weighted by atomic mass is 15.2. The Bertz CT molecular complexity index is 463. The lowest BCUT2D eigenvalue weighted by molar-refractivity contribution is 1.00. The third-order valence-corrected chi connectivity index (χ3v) is 1.85. The molecule has 2 N–H and O–H groups in total. The topological polar surface area (TPSA) is 64.7 Å². The van der Waals surface area contributed by atoms with Crippen molar-refractivity contribution in [3.63, 3.8) is 0 Å². The lowest BCUT2D eigenvalue weighted by Crippen LogP contribution is -2.19. The Morgan fingerprint density at radius 3 is 2.62 bits per heavy atom. The molecule has 1 aromatic rings. The summed E-state index contributed by atoms with van der Waals surface area (Å²) in [5.41, 5.74) is 7.80. The van der Waals surface area contributed by atoms with Crippen molar-refractivity contribution in [1.29, 1.82) is 0 Å². The van der Waals surface area contributed by atoms with Gasteiger partial charge in [-0.25, -0.2) is 4.98 Å². The summed E-state index contributed by atoms with van der Waals surface area (Å²) in [6.07, 6.45) is 8.87. The van der Waals surface area contributed by atoms with Crippen LogP contribution in [0.5, 0.6) is 0 Å². The van der Waals surface area contributed by atoms with Crippen LogP contribution in [-0.4, -0.2) is 23.0 Å². The fourth-order valence-corrected chi connectivity index (χ4v) is 1.18. The van der Waals surface area contributed by atoms with Gasteiger partial charge >= 0.3 is 0 Å². The Hall–Kier alpha value is -2.17. The van der Waals surface area contributed by atoms with Gasteiger partial charge in [0.25, 0.3) is 0 Å². The molecular weight excluding hydrogens is 199 g/mol. The van der Waals surface area contributed by atoms with E-state index in [4.69, 9.17) is 5.73 Å². The van der Waals surface area contributed by atoms with Gasteiger partial charge in [-0.3, -0.25) is 0 Å². The maximum absolute atomic E-state index is 5.51. The minimum absolute atomic E-state index is 0.155. The van der Waals surface area contributed by atoms with E-state index in [1.165, 1.54) is 0 Å². The molecule has 0 aliphatic carbocycles. The number of nitrogens with zero attached hydrogens (tertiary/aromatic N) is 3. The van der Waals surface area contributed by atoms with Gasteiger partial charge in [0.15, 0.2) is 7.85 Å². The van der Waals surface area contributed by atoms with Crippen molar-refractivity contribution < 1.29 is 0 Å². The van der Waals surface area contributed by atoms with Gasteiger partial charge < -0.3 is 5.73 Å². The van der Waals surface area contributed by atoms with E-state index in [0.717, 1.165) is 11.2 Å². The molecule has 0 spiro atoms. The first-order valence-corrected chi connectivity index (χ1v) is 4.78. The highest BCUT2D eigenvalue weighted by Crippen LogP contribution is 2.11. The molecule has 1 rings (SSSR count). The SMILES string of the molecule is Bc1nnc(N)nc1C(/C=C\C=C)=C/C=C. The Balaban J connectivity index is 3.25. The molecule has 0 aliphatic heterocycles.